The molecule has 0 fully saturated rings. The highest BCUT2D eigenvalue weighted by Gasteiger charge is 2.09. The number of ether oxygens (including phenoxy) is 2. The highest BCUT2D eigenvalue weighted by Crippen LogP contribution is 2.37. The predicted octanol–water partition coefficient (Wildman–Crippen LogP) is 3.28. The van der Waals surface area contributed by atoms with E-state index in [0.29, 0.717) is 11.5 Å². The first kappa shape index (κ1) is 13.9. The molecular weight excluding hydrogens is 254 g/mol. The summed E-state index contributed by atoms with van der Waals surface area (Å²) in [6.45, 7) is 1.95. The highest BCUT2D eigenvalue weighted by molar-refractivity contribution is 5.72. The van der Waals surface area contributed by atoms with Gasteiger partial charge in [-0.15, -0.1) is 0 Å². The van der Waals surface area contributed by atoms with Crippen LogP contribution in [0.4, 0.5) is 0 Å². The number of hydrogen-bond acceptors (Lipinski definition) is 4. The van der Waals surface area contributed by atoms with Crippen molar-refractivity contribution in [3.8, 4) is 17.2 Å². The average molecular weight is 271 g/mol. The van der Waals surface area contributed by atoms with E-state index >= 15 is 0 Å². The van der Waals surface area contributed by atoms with Crippen LogP contribution in [0, 0.1) is 6.92 Å². The average Bonchev–Trinajstić information content (AvgIpc) is 2.46. The van der Waals surface area contributed by atoms with Gasteiger partial charge in [0.25, 0.3) is 0 Å². The number of phenols is 1. The van der Waals surface area contributed by atoms with Crippen molar-refractivity contribution in [1.82, 2.24) is 4.98 Å². The Morgan fingerprint density at radius 3 is 2.15 bits per heavy atom. The first-order chi connectivity index (χ1) is 9.63. The number of hydrogen-bond donors (Lipinski definition) is 1. The summed E-state index contributed by atoms with van der Waals surface area (Å²) >= 11 is 0. The lowest BCUT2D eigenvalue weighted by molar-refractivity contribution is 0.340. The summed E-state index contributed by atoms with van der Waals surface area (Å²) in [5, 5.41) is 9.85. The molecule has 0 spiro atoms. The molecule has 0 radical (unpaired) electrons. The lowest BCUT2D eigenvalue weighted by Crippen LogP contribution is -1.90. The fourth-order valence-electron chi connectivity index (χ4n) is 1.87. The van der Waals surface area contributed by atoms with Gasteiger partial charge in [-0.1, -0.05) is 12.2 Å². The number of aromatic nitrogens is 1. The molecule has 0 atom stereocenters. The second-order valence-electron chi connectivity index (χ2n) is 4.34. The molecule has 4 nitrogen and oxygen atoms in total. The van der Waals surface area contributed by atoms with Crippen molar-refractivity contribution in [2.75, 3.05) is 14.2 Å². The van der Waals surface area contributed by atoms with Crippen molar-refractivity contribution in [2.24, 2.45) is 0 Å². The van der Waals surface area contributed by atoms with Gasteiger partial charge in [0.1, 0.15) is 0 Å². The Morgan fingerprint density at radius 1 is 1.00 bits per heavy atom. The fourth-order valence-corrected chi connectivity index (χ4v) is 1.87. The summed E-state index contributed by atoms with van der Waals surface area (Å²) in [5.74, 6) is 0.775. The molecule has 0 aliphatic rings. The number of benzene rings is 1. The molecule has 104 valence electrons. The van der Waals surface area contributed by atoms with Crippen LogP contribution in [0.15, 0.2) is 30.5 Å². The zero-order valence-corrected chi connectivity index (χ0v) is 11.8. The van der Waals surface area contributed by atoms with E-state index in [1.165, 1.54) is 14.2 Å². The minimum Gasteiger partial charge on any atom is -0.502 e. The van der Waals surface area contributed by atoms with Crippen LogP contribution in [0.2, 0.25) is 0 Å². The normalized spacial score (nSPS) is 10.8. The topological polar surface area (TPSA) is 51.6 Å². The lowest BCUT2D eigenvalue weighted by Gasteiger charge is -2.09. The molecule has 0 unspecified atom stereocenters. The van der Waals surface area contributed by atoms with Gasteiger partial charge in [0.15, 0.2) is 11.5 Å². The van der Waals surface area contributed by atoms with Gasteiger partial charge in [-0.2, -0.15) is 0 Å². The van der Waals surface area contributed by atoms with E-state index in [1.807, 2.05) is 31.2 Å². The number of methoxy groups -OCH3 is 2. The molecule has 2 aromatic rings. The maximum atomic E-state index is 9.85. The van der Waals surface area contributed by atoms with Gasteiger partial charge in [0, 0.05) is 11.9 Å². The third-order valence-electron chi connectivity index (χ3n) is 2.89. The third kappa shape index (κ3) is 3.09. The van der Waals surface area contributed by atoms with Crippen LogP contribution >= 0.6 is 0 Å². The van der Waals surface area contributed by atoms with E-state index in [-0.39, 0.29) is 5.75 Å². The Morgan fingerprint density at radius 2 is 1.60 bits per heavy atom. The largest absolute Gasteiger partial charge is 0.502 e. The summed E-state index contributed by atoms with van der Waals surface area (Å²) in [5.41, 5.74) is 2.91. The van der Waals surface area contributed by atoms with Gasteiger partial charge in [0.05, 0.1) is 14.2 Å². The van der Waals surface area contributed by atoms with Crippen LogP contribution in [0.5, 0.6) is 17.2 Å². The first-order valence-corrected chi connectivity index (χ1v) is 6.19. The molecule has 1 heterocycles. The number of pyridine rings is 1. The molecule has 1 aromatic heterocycles. The third-order valence-corrected chi connectivity index (χ3v) is 2.89. The number of rotatable bonds is 4. The number of aromatic hydroxyl groups is 1. The quantitative estimate of drug-likeness (QED) is 0.927. The zero-order valence-electron chi connectivity index (χ0n) is 11.8. The second-order valence-corrected chi connectivity index (χ2v) is 4.34. The maximum absolute atomic E-state index is 9.85. The molecule has 20 heavy (non-hydrogen) atoms. The molecule has 0 aliphatic carbocycles. The zero-order chi connectivity index (χ0) is 14.5. The Labute approximate surface area is 118 Å². The van der Waals surface area contributed by atoms with E-state index in [1.54, 1.807) is 18.3 Å². The number of nitrogens with zero attached hydrogens (tertiary/aromatic N) is 1. The van der Waals surface area contributed by atoms with Gasteiger partial charge in [0.2, 0.25) is 5.75 Å². The molecule has 0 aliphatic heterocycles. The molecule has 0 bridgehead atoms. The van der Waals surface area contributed by atoms with Crippen molar-refractivity contribution in [3.05, 3.63) is 47.3 Å². The Kier molecular flexibility index (Phi) is 4.25. The summed E-state index contributed by atoms with van der Waals surface area (Å²) in [6, 6.07) is 7.43. The van der Waals surface area contributed by atoms with Crippen LogP contribution in [-0.2, 0) is 0 Å². The van der Waals surface area contributed by atoms with Gasteiger partial charge in [-0.05, 0) is 42.3 Å². The SMILES string of the molecule is COc1cc(C=Cc2ccnc(C)c2)cc(OC)c1O. The van der Waals surface area contributed by atoms with Gasteiger partial charge < -0.3 is 14.6 Å². The molecule has 0 amide bonds. The van der Waals surface area contributed by atoms with E-state index in [2.05, 4.69) is 4.98 Å². The Bertz CT molecular complexity index is 610. The summed E-state index contributed by atoms with van der Waals surface area (Å²) in [6.07, 6.45) is 5.67. The predicted molar refractivity (Wildman–Crippen MR) is 79.1 cm³/mol. The van der Waals surface area contributed by atoms with Gasteiger partial charge in [-0.3, -0.25) is 4.98 Å². The summed E-state index contributed by atoms with van der Waals surface area (Å²) < 4.78 is 10.3. The van der Waals surface area contributed by atoms with Crippen LogP contribution in [0.25, 0.3) is 12.2 Å². The molecule has 0 saturated heterocycles. The number of phenolic OH excluding ortho intramolecular Hbond substituents is 1. The summed E-state index contributed by atoms with van der Waals surface area (Å²) in [4.78, 5) is 4.15. The van der Waals surface area contributed by atoms with Crippen molar-refractivity contribution < 1.29 is 14.6 Å². The molecule has 1 aromatic carbocycles. The van der Waals surface area contributed by atoms with Crippen molar-refractivity contribution in [1.29, 1.82) is 0 Å². The maximum Gasteiger partial charge on any atom is 0.200 e. The summed E-state index contributed by atoms with van der Waals surface area (Å²) in [7, 11) is 3.02. The lowest BCUT2D eigenvalue weighted by atomic mass is 10.1. The van der Waals surface area contributed by atoms with Crippen LogP contribution in [0.1, 0.15) is 16.8 Å². The standard InChI is InChI=1S/C16H17NO3/c1-11-8-12(6-7-17-11)4-5-13-9-14(19-2)16(18)15(10-13)20-3/h4-10,18H,1-3H3. The molecule has 4 heteroatoms. The first-order valence-electron chi connectivity index (χ1n) is 6.19. The van der Waals surface area contributed by atoms with Crippen LogP contribution < -0.4 is 9.47 Å². The number of aryl methyl sites for hydroxylation is 1. The monoisotopic (exact) mass is 271 g/mol. The van der Waals surface area contributed by atoms with Crippen LogP contribution in [0.3, 0.4) is 0 Å². The highest BCUT2D eigenvalue weighted by atomic mass is 16.5. The minimum atomic E-state index is 0.00639. The molecular formula is C16H17NO3. The second kappa shape index (κ2) is 6.10. The Balaban J connectivity index is 2.33. The fraction of sp³-hybridized carbons (Fsp3) is 0.188. The smallest absolute Gasteiger partial charge is 0.200 e. The van der Waals surface area contributed by atoms with Crippen LogP contribution in [-0.4, -0.2) is 24.3 Å². The van der Waals surface area contributed by atoms with E-state index in [0.717, 1.165) is 16.8 Å². The van der Waals surface area contributed by atoms with Crippen molar-refractivity contribution >= 4 is 12.2 Å². The van der Waals surface area contributed by atoms with E-state index in [9.17, 15) is 5.11 Å². The molecule has 0 saturated carbocycles. The molecule has 2 rings (SSSR count). The van der Waals surface area contributed by atoms with Gasteiger partial charge >= 0.3 is 0 Å². The minimum absolute atomic E-state index is 0.00639. The van der Waals surface area contributed by atoms with E-state index < -0.39 is 0 Å². The van der Waals surface area contributed by atoms with Crippen molar-refractivity contribution in [2.45, 2.75) is 6.92 Å². The Hall–Kier alpha value is -2.49. The van der Waals surface area contributed by atoms with Gasteiger partial charge in [-0.25, -0.2) is 0 Å². The van der Waals surface area contributed by atoms with E-state index in [4.69, 9.17) is 9.47 Å². The molecule has 1 N–H and O–H groups in total. The van der Waals surface area contributed by atoms with Crippen molar-refractivity contribution in [3.63, 3.8) is 0 Å².